The number of rotatable bonds is 3. The Labute approximate surface area is 64.6 Å². The summed E-state index contributed by atoms with van der Waals surface area (Å²) in [6.45, 7) is 12.5. The first kappa shape index (κ1) is 9.48. The molecule has 0 aliphatic carbocycles. The van der Waals surface area contributed by atoms with Gasteiger partial charge in [0.25, 0.3) is 0 Å². The van der Waals surface area contributed by atoms with E-state index in [4.69, 9.17) is 0 Å². The fourth-order valence-corrected chi connectivity index (χ4v) is 0.853. The van der Waals surface area contributed by atoms with Crippen LogP contribution in [0.5, 0.6) is 0 Å². The molecule has 0 saturated carbocycles. The standard InChI is InChI=1S/C10H18/c1-6-9(4)10(5)7-8(2)3/h7,9H,2,6H2,1,3-5H3/b10-7+. The molecule has 0 fully saturated rings. The average Bonchev–Trinajstić information content (AvgIpc) is 1.85. The van der Waals surface area contributed by atoms with Crippen molar-refractivity contribution in [1.82, 2.24) is 0 Å². The maximum absolute atomic E-state index is 3.84. The molecule has 0 N–H and O–H groups in total. The summed E-state index contributed by atoms with van der Waals surface area (Å²) in [6, 6.07) is 0. The lowest BCUT2D eigenvalue weighted by molar-refractivity contribution is 0.655. The van der Waals surface area contributed by atoms with E-state index in [1.165, 1.54) is 12.0 Å². The Morgan fingerprint density at radius 1 is 1.50 bits per heavy atom. The molecule has 0 aromatic carbocycles. The molecule has 0 heteroatoms. The first-order chi connectivity index (χ1) is 4.57. The second-order valence-electron chi connectivity index (χ2n) is 3.04. The average molecular weight is 138 g/mol. The normalized spacial score (nSPS) is 15.0. The quantitative estimate of drug-likeness (QED) is 0.523. The van der Waals surface area contributed by atoms with E-state index in [1.54, 1.807) is 0 Å². The molecule has 0 bridgehead atoms. The van der Waals surface area contributed by atoms with Crippen LogP contribution in [-0.2, 0) is 0 Å². The van der Waals surface area contributed by atoms with Crippen LogP contribution in [-0.4, -0.2) is 0 Å². The lowest BCUT2D eigenvalue weighted by Crippen LogP contribution is -1.93. The Morgan fingerprint density at radius 3 is 2.30 bits per heavy atom. The van der Waals surface area contributed by atoms with E-state index in [-0.39, 0.29) is 0 Å². The van der Waals surface area contributed by atoms with Gasteiger partial charge >= 0.3 is 0 Å². The van der Waals surface area contributed by atoms with Gasteiger partial charge in [0.2, 0.25) is 0 Å². The Kier molecular flexibility index (Phi) is 4.10. The van der Waals surface area contributed by atoms with Crippen molar-refractivity contribution in [2.24, 2.45) is 5.92 Å². The summed E-state index contributed by atoms with van der Waals surface area (Å²) in [5, 5.41) is 0. The van der Waals surface area contributed by atoms with Gasteiger partial charge in [0.1, 0.15) is 0 Å². The Balaban J connectivity index is 4.04. The number of hydrogen-bond donors (Lipinski definition) is 0. The van der Waals surface area contributed by atoms with Gasteiger partial charge in [-0.05, 0) is 26.2 Å². The first-order valence-electron chi connectivity index (χ1n) is 3.91. The van der Waals surface area contributed by atoms with E-state index in [0.717, 1.165) is 5.57 Å². The highest BCUT2D eigenvalue weighted by Crippen LogP contribution is 2.14. The molecule has 0 nitrogen and oxygen atoms in total. The van der Waals surface area contributed by atoms with E-state index in [9.17, 15) is 0 Å². The van der Waals surface area contributed by atoms with Crippen molar-refractivity contribution in [2.75, 3.05) is 0 Å². The van der Waals surface area contributed by atoms with Crippen molar-refractivity contribution >= 4 is 0 Å². The van der Waals surface area contributed by atoms with Crippen LogP contribution in [0.4, 0.5) is 0 Å². The SMILES string of the molecule is C=C(C)/C=C(\C)C(C)CC. The van der Waals surface area contributed by atoms with Crippen LogP contribution >= 0.6 is 0 Å². The van der Waals surface area contributed by atoms with Gasteiger partial charge in [0.05, 0.1) is 0 Å². The molecule has 58 valence electrons. The summed E-state index contributed by atoms with van der Waals surface area (Å²) in [5.41, 5.74) is 2.59. The van der Waals surface area contributed by atoms with Crippen molar-refractivity contribution < 1.29 is 0 Å². The van der Waals surface area contributed by atoms with E-state index >= 15 is 0 Å². The topological polar surface area (TPSA) is 0 Å². The molecule has 0 radical (unpaired) electrons. The van der Waals surface area contributed by atoms with Crippen molar-refractivity contribution in [3.63, 3.8) is 0 Å². The number of hydrogen-bond acceptors (Lipinski definition) is 0. The Bertz CT molecular complexity index is 140. The largest absolute Gasteiger partial charge is 0.0961 e. The molecule has 1 unspecified atom stereocenters. The fraction of sp³-hybridized carbons (Fsp3) is 0.600. The maximum atomic E-state index is 3.84. The minimum atomic E-state index is 0.705. The second kappa shape index (κ2) is 4.32. The monoisotopic (exact) mass is 138 g/mol. The van der Waals surface area contributed by atoms with Crippen molar-refractivity contribution in [3.05, 3.63) is 23.8 Å². The van der Waals surface area contributed by atoms with Crippen LogP contribution < -0.4 is 0 Å². The molecule has 10 heavy (non-hydrogen) atoms. The zero-order valence-corrected chi connectivity index (χ0v) is 7.57. The minimum absolute atomic E-state index is 0.705. The van der Waals surface area contributed by atoms with Gasteiger partial charge in [-0.15, -0.1) is 0 Å². The molecule has 0 aliphatic heterocycles. The van der Waals surface area contributed by atoms with Crippen LogP contribution in [0.15, 0.2) is 23.8 Å². The molecule has 0 aliphatic rings. The molecule has 0 spiro atoms. The van der Waals surface area contributed by atoms with Crippen LogP contribution in [0.1, 0.15) is 34.1 Å². The molecule has 0 amide bonds. The second-order valence-corrected chi connectivity index (χ2v) is 3.04. The van der Waals surface area contributed by atoms with Crippen LogP contribution in [0.25, 0.3) is 0 Å². The zero-order valence-electron chi connectivity index (χ0n) is 7.57. The summed E-state index contributed by atoms with van der Waals surface area (Å²) in [5.74, 6) is 0.705. The summed E-state index contributed by atoms with van der Waals surface area (Å²) >= 11 is 0. The van der Waals surface area contributed by atoms with Crippen LogP contribution in [0.2, 0.25) is 0 Å². The van der Waals surface area contributed by atoms with Gasteiger partial charge in [0.15, 0.2) is 0 Å². The highest BCUT2D eigenvalue weighted by molar-refractivity contribution is 5.18. The molecular formula is C10H18. The predicted octanol–water partition coefficient (Wildman–Crippen LogP) is 3.55. The molecule has 0 heterocycles. The molecule has 0 rings (SSSR count). The van der Waals surface area contributed by atoms with Crippen molar-refractivity contribution in [3.8, 4) is 0 Å². The molecular weight excluding hydrogens is 120 g/mol. The van der Waals surface area contributed by atoms with E-state index in [1.807, 2.05) is 6.92 Å². The van der Waals surface area contributed by atoms with Gasteiger partial charge in [-0.3, -0.25) is 0 Å². The summed E-state index contributed by atoms with van der Waals surface area (Å²) in [4.78, 5) is 0. The van der Waals surface area contributed by atoms with Crippen molar-refractivity contribution in [2.45, 2.75) is 34.1 Å². The van der Waals surface area contributed by atoms with Gasteiger partial charge in [-0.25, -0.2) is 0 Å². The minimum Gasteiger partial charge on any atom is -0.0961 e. The zero-order chi connectivity index (χ0) is 8.15. The lowest BCUT2D eigenvalue weighted by atomic mass is 9.98. The fourth-order valence-electron chi connectivity index (χ4n) is 0.853. The first-order valence-corrected chi connectivity index (χ1v) is 3.91. The highest BCUT2D eigenvalue weighted by Gasteiger charge is 1.98. The van der Waals surface area contributed by atoms with E-state index in [0.29, 0.717) is 5.92 Å². The maximum Gasteiger partial charge on any atom is -0.0234 e. The van der Waals surface area contributed by atoms with Crippen LogP contribution in [0, 0.1) is 5.92 Å². The van der Waals surface area contributed by atoms with Crippen molar-refractivity contribution in [1.29, 1.82) is 0 Å². The Morgan fingerprint density at radius 2 is 2.00 bits per heavy atom. The van der Waals surface area contributed by atoms with Gasteiger partial charge < -0.3 is 0 Å². The van der Waals surface area contributed by atoms with Crippen LogP contribution in [0.3, 0.4) is 0 Å². The lowest BCUT2D eigenvalue weighted by Gasteiger charge is -2.07. The predicted molar refractivity (Wildman–Crippen MR) is 48.0 cm³/mol. The molecule has 1 atom stereocenters. The molecule has 0 aromatic heterocycles. The third kappa shape index (κ3) is 3.49. The van der Waals surface area contributed by atoms with E-state index < -0.39 is 0 Å². The third-order valence-electron chi connectivity index (χ3n) is 1.86. The summed E-state index contributed by atoms with van der Waals surface area (Å²) in [6.07, 6.45) is 3.38. The van der Waals surface area contributed by atoms with Gasteiger partial charge in [-0.2, -0.15) is 0 Å². The Hall–Kier alpha value is -0.520. The summed E-state index contributed by atoms with van der Waals surface area (Å²) in [7, 11) is 0. The molecule has 0 aromatic rings. The van der Waals surface area contributed by atoms with E-state index in [2.05, 4.69) is 33.4 Å². The smallest absolute Gasteiger partial charge is 0.0234 e. The number of allylic oxidation sites excluding steroid dienone is 3. The third-order valence-corrected chi connectivity index (χ3v) is 1.86. The van der Waals surface area contributed by atoms with Gasteiger partial charge in [0, 0.05) is 0 Å². The molecule has 0 saturated heterocycles. The highest BCUT2D eigenvalue weighted by atomic mass is 14.0. The summed E-state index contributed by atoms with van der Waals surface area (Å²) < 4.78 is 0. The van der Waals surface area contributed by atoms with Gasteiger partial charge in [-0.1, -0.05) is 37.6 Å².